The van der Waals surface area contributed by atoms with E-state index in [2.05, 4.69) is 21.6 Å². The van der Waals surface area contributed by atoms with Crippen LogP contribution in [-0.2, 0) is 0 Å². The number of rotatable bonds is 0. The molecule has 0 saturated carbocycles. The molecule has 0 saturated heterocycles. The van der Waals surface area contributed by atoms with Crippen molar-refractivity contribution in [2.75, 3.05) is 0 Å². The molecule has 2 aromatic carbocycles. The summed E-state index contributed by atoms with van der Waals surface area (Å²) in [5, 5.41) is 12.7. The van der Waals surface area contributed by atoms with Gasteiger partial charge in [-0.2, -0.15) is 4.68 Å². The van der Waals surface area contributed by atoms with E-state index < -0.39 is 0 Å². The van der Waals surface area contributed by atoms with Crippen LogP contribution in [0.15, 0.2) is 52.3 Å². The Bertz CT molecular complexity index is 784. The first-order valence-electron chi connectivity index (χ1n) is 5.68. The summed E-state index contributed by atoms with van der Waals surface area (Å²) in [7, 11) is 0. The highest BCUT2D eigenvalue weighted by Crippen LogP contribution is 2.42. The highest BCUT2D eigenvalue weighted by molar-refractivity contribution is 7.99. The van der Waals surface area contributed by atoms with Gasteiger partial charge in [0, 0.05) is 20.4 Å². The standard InChI is InChI=1S/C13H7ClN4S/c14-8-5-6-11-9(7-8)13-15-16-17-18(13)10-3-1-2-4-12(10)19-11/h1-7H. The maximum Gasteiger partial charge on any atom is 0.188 e. The summed E-state index contributed by atoms with van der Waals surface area (Å²) in [6.45, 7) is 0. The molecule has 2 heterocycles. The van der Waals surface area contributed by atoms with Gasteiger partial charge in [0.15, 0.2) is 5.82 Å². The van der Waals surface area contributed by atoms with E-state index in [1.807, 2.05) is 36.4 Å². The van der Waals surface area contributed by atoms with Crippen molar-refractivity contribution in [1.82, 2.24) is 20.2 Å². The lowest BCUT2D eigenvalue weighted by Gasteiger charge is -2.04. The van der Waals surface area contributed by atoms with Gasteiger partial charge in [0.1, 0.15) is 0 Å². The second-order valence-electron chi connectivity index (χ2n) is 4.12. The van der Waals surface area contributed by atoms with Crippen molar-refractivity contribution in [3.05, 3.63) is 47.5 Å². The first kappa shape index (κ1) is 11.0. The molecule has 0 radical (unpaired) electrons. The molecule has 0 bridgehead atoms. The molecule has 0 amide bonds. The van der Waals surface area contributed by atoms with Crippen LogP contribution in [-0.4, -0.2) is 20.2 Å². The second-order valence-corrected chi connectivity index (χ2v) is 5.64. The highest BCUT2D eigenvalue weighted by atomic mass is 35.5. The number of hydrogen-bond donors (Lipinski definition) is 0. The third-order valence-electron chi connectivity index (χ3n) is 2.97. The summed E-state index contributed by atoms with van der Waals surface area (Å²) in [5.74, 6) is 0.718. The monoisotopic (exact) mass is 286 g/mol. The minimum atomic E-state index is 0.680. The molecule has 1 aromatic heterocycles. The Labute approximate surface area is 118 Å². The van der Waals surface area contributed by atoms with E-state index in [9.17, 15) is 0 Å². The van der Waals surface area contributed by atoms with E-state index >= 15 is 0 Å². The Hall–Kier alpha value is -1.85. The van der Waals surface area contributed by atoms with E-state index in [-0.39, 0.29) is 0 Å². The van der Waals surface area contributed by atoms with E-state index in [1.54, 1.807) is 16.4 Å². The fraction of sp³-hybridized carbons (Fsp3) is 0. The van der Waals surface area contributed by atoms with E-state index in [4.69, 9.17) is 11.6 Å². The molecule has 1 aliphatic heterocycles. The number of benzene rings is 2. The summed E-state index contributed by atoms with van der Waals surface area (Å²) in [4.78, 5) is 2.22. The normalized spacial score (nSPS) is 12.3. The Morgan fingerprint density at radius 3 is 2.89 bits per heavy atom. The maximum absolute atomic E-state index is 6.09. The van der Waals surface area contributed by atoms with Gasteiger partial charge in [-0.25, -0.2) is 0 Å². The quantitative estimate of drug-likeness (QED) is 0.497. The molecule has 4 nitrogen and oxygen atoms in total. The summed E-state index contributed by atoms with van der Waals surface area (Å²) in [6, 6.07) is 13.9. The average molecular weight is 287 g/mol. The van der Waals surface area contributed by atoms with Crippen LogP contribution in [0, 0.1) is 0 Å². The Morgan fingerprint density at radius 1 is 1.05 bits per heavy atom. The minimum absolute atomic E-state index is 0.680. The van der Waals surface area contributed by atoms with Crippen molar-refractivity contribution < 1.29 is 0 Å². The van der Waals surface area contributed by atoms with Gasteiger partial charge in [0.05, 0.1) is 5.69 Å². The van der Waals surface area contributed by atoms with Crippen LogP contribution < -0.4 is 0 Å². The van der Waals surface area contributed by atoms with Crippen LogP contribution in [0.25, 0.3) is 17.1 Å². The van der Waals surface area contributed by atoms with Gasteiger partial charge in [-0.05, 0) is 40.8 Å². The third-order valence-corrected chi connectivity index (χ3v) is 4.34. The molecule has 1 aliphatic rings. The van der Waals surface area contributed by atoms with Crippen molar-refractivity contribution in [3.63, 3.8) is 0 Å². The molecule has 0 spiro atoms. The zero-order valence-electron chi connectivity index (χ0n) is 9.62. The van der Waals surface area contributed by atoms with Crippen LogP contribution in [0.3, 0.4) is 0 Å². The molecular formula is C13H7ClN4S. The number of aromatic nitrogens is 4. The zero-order chi connectivity index (χ0) is 12.8. The maximum atomic E-state index is 6.09. The van der Waals surface area contributed by atoms with Gasteiger partial charge in [-0.1, -0.05) is 35.5 Å². The first-order valence-corrected chi connectivity index (χ1v) is 6.88. The van der Waals surface area contributed by atoms with E-state index in [1.165, 1.54) is 0 Å². The average Bonchev–Trinajstić information content (AvgIpc) is 2.86. The lowest BCUT2D eigenvalue weighted by Crippen LogP contribution is -1.99. The number of tetrazole rings is 1. The number of hydrogen-bond acceptors (Lipinski definition) is 4. The van der Waals surface area contributed by atoms with Crippen LogP contribution in [0.4, 0.5) is 0 Å². The topological polar surface area (TPSA) is 43.6 Å². The zero-order valence-corrected chi connectivity index (χ0v) is 11.2. The number of fused-ring (bicyclic) bond motifs is 5. The lowest BCUT2D eigenvalue weighted by molar-refractivity contribution is 0.782. The minimum Gasteiger partial charge on any atom is -0.192 e. The van der Waals surface area contributed by atoms with Crippen molar-refractivity contribution in [2.45, 2.75) is 9.79 Å². The molecule has 0 atom stereocenters. The lowest BCUT2D eigenvalue weighted by atomic mass is 10.2. The molecule has 6 heteroatoms. The molecule has 4 rings (SSSR count). The summed E-state index contributed by atoms with van der Waals surface area (Å²) in [5.41, 5.74) is 1.94. The summed E-state index contributed by atoms with van der Waals surface area (Å²) < 4.78 is 1.75. The Kier molecular flexibility index (Phi) is 2.36. The van der Waals surface area contributed by atoms with Crippen LogP contribution >= 0.6 is 23.4 Å². The van der Waals surface area contributed by atoms with E-state index in [0.29, 0.717) is 5.02 Å². The third kappa shape index (κ3) is 1.66. The predicted molar refractivity (Wildman–Crippen MR) is 73.7 cm³/mol. The Morgan fingerprint density at radius 2 is 1.95 bits per heavy atom. The predicted octanol–water partition coefficient (Wildman–Crippen LogP) is 3.45. The molecule has 0 fully saturated rings. The smallest absolute Gasteiger partial charge is 0.188 e. The molecule has 19 heavy (non-hydrogen) atoms. The van der Waals surface area contributed by atoms with Gasteiger partial charge in [-0.15, -0.1) is 5.10 Å². The molecule has 0 unspecified atom stereocenters. The summed E-state index contributed by atoms with van der Waals surface area (Å²) in [6.07, 6.45) is 0. The second kappa shape index (κ2) is 4.08. The highest BCUT2D eigenvalue weighted by Gasteiger charge is 2.22. The summed E-state index contributed by atoms with van der Waals surface area (Å²) >= 11 is 7.77. The first-order chi connectivity index (χ1) is 9.33. The van der Waals surface area contributed by atoms with Crippen molar-refractivity contribution in [2.24, 2.45) is 0 Å². The van der Waals surface area contributed by atoms with E-state index in [0.717, 1.165) is 26.9 Å². The number of para-hydroxylation sites is 1. The van der Waals surface area contributed by atoms with Gasteiger partial charge in [0.2, 0.25) is 0 Å². The van der Waals surface area contributed by atoms with Crippen LogP contribution in [0.5, 0.6) is 0 Å². The van der Waals surface area contributed by atoms with Gasteiger partial charge >= 0.3 is 0 Å². The molecule has 3 aromatic rings. The van der Waals surface area contributed by atoms with Gasteiger partial charge in [0.25, 0.3) is 0 Å². The van der Waals surface area contributed by atoms with Gasteiger partial charge < -0.3 is 0 Å². The van der Waals surface area contributed by atoms with Crippen molar-refractivity contribution in [1.29, 1.82) is 0 Å². The van der Waals surface area contributed by atoms with Crippen molar-refractivity contribution >= 4 is 23.4 Å². The molecule has 92 valence electrons. The molecular weight excluding hydrogens is 280 g/mol. The number of halogens is 1. The molecule has 0 N–H and O–H groups in total. The Balaban J connectivity index is 2.10. The number of nitrogens with zero attached hydrogens (tertiary/aromatic N) is 4. The molecule has 0 aliphatic carbocycles. The van der Waals surface area contributed by atoms with Gasteiger partial charge in [-0.3, -0.25) is 0 Å². The fourth-order valence-electron chi connectivity index (χ4n) is 2.12. The largest absolute Gasteiger partial charge is 0.192 e. The van der Waals surface area contributed by atoms with Crippen LogP contribution in [0.1, 0.15) is 0 Å². The van der Waals surface area contributed by atoms with Crippen molar-refractivity contribution in [3.8, 4) is 17.1 Å². The fourth-order valence-corrected chi connectivity index (χ4v) is 3.33. The SMILES string of the molecule is Clc1ccc2c(c1)-c1nnnn1-c1ccccc1S2. The van der Waals surface area contributed by atoms with Crippen LogP contribution in [0.2, 0.25) is 5.02 Å².